The molecule has 0 aromatic rings. The molecule has 0 saturated carbocycles. The van der Waals surface area contributed by atoms with Gasteiger partial charge in [0.05, 0.1) is 7.80 Å². The van der Waals surface area contributed by atoms with Gasteiger partial charge in [0.2, 0.25) is 0 Å². The molecule has 0 aliphatic rings. The van der Waals surface area contributed by atoms with E-state index in [1.165, 1.54) is 0 Å². The van der Waals surface area contributed by atoms with E-state index in [0.29, 0.717) is 0 Å². The predicted molar refractivity (Wildman–Crippen MR) is 47.1 cm³/mol. The highest BCUT2D eigenvalue weighted by atomic mass is 31.1. The summed E-state index contributed by atoms with van der Waals surface area (Å²) in [5.41, 5.74) is 0. The van der Waals surface area contributed by atoms with Crippen LogP contribution in [0.3, 0.4) is 0 Å². The topological polar surface area (TPSA) is 17.1 Å². The molecule has 0 saturated heterocycles. The van der Waals surface area contributed by atoms with Gasteiger partial charge in [0.25, 0.3) is 0 Å². The van der Waals surface area contributed by atoms with Crippen LogP contribution >= 0.6 is 7.80 Å². The van der Waals surface area contributed by atoms with Crippen molar-refractivity contribution in [2.45, 2.75) is 51.9 Å². The molecule has 0 rings (SSSR count). The molecule has 0 bridgehead atoms. The fourth-order valence-corrected chi connectivity index (χ4v) is 3.02. The van der Waals surface area contributed by atoms with Crippen LogP contribution in [-0.4, -0.2) is 10.3 Å². The fraction of sp³-hybridized carbons (Fsp3) is 1.00. The lowest BCUT2D eigenvalue weighted by Gasteiger charge is -2.27. The van der Waals surface area contributed by atoms with E-state index in [0.717, 1.165) is 0 Å². The van der Waals surface area contributed by atoms with Crippen molar-refractivity contribution in [3.63, 3.8) is 0 Å². The van der Waals surface area contributed by atoms with Gasteiger partial charge in [0, 0.05) is 10.3 Å². The van der Waals surface area contributed by atoms with Crippen molar-refractivity contribution >= 4 is 7.80 Å². The third-order valence-electron chi connectivity index (χ3n) is 1.22. The third-order valence-corrected chi connectivity index (χ3v) is 3.66. The Kier molecular flexibility index (Phi) is 2.64. The van der Waals surface area contributed by atoms with Crippen molar-refractivity contribution in [2.75, 3.05) is 0 Å². The Morgan fingerprint density at radius 3 is 1.00 bits per heavy atom. The SMILES string of the molecule is CC(C)(C)[P](=O)C(C)(C)C. The molecule has 61 valence electrons. The first-order chi connectivity index (χ1) is 4.15. The summed E-state index contributed by atoms with van der Waals surface area (Å²) in [4.78, 5) is 0. The highest BCUT2D eigenvalue weighted by molar-refractivity contribution is 7.48. The second-order valence-corrected chi connectivity index (χ2v) is 7.91. The van der Waals surface area contributed by atoms with Crippen molar-refractivity contribution in [2.24, 2.45) is 0 Å². The Bertz CT molecular complexity index is 120. The van der Waals surface area contributed by atoms with Gasteiger partial charge in [0.15, 0.2) is 0 Å². The highest BCUT2D eigenvalue weighted by Crippen LogP contribution is 2.48. The van der Waals surface area contributed by atoms with Crippen LogP contribution in [0.25, 0.3) is 0 Å². The van der Waals surface area contributed by atoms with E-state index >= 15 is 0 Å². The summed E-state index contributed by atoms with van der Waals surface area (Å²) in [6.45, 7) is 12.1. The van der Waals surface area contributed by atoms with Crippen LogP contribution in [0, 0.1) is 0 Å². The van der Waals surface area contributed by atoms with E-state index in [9.17, 15) is 4.57 Å². The van der Waals surface area contributed by atoms with Crippen LogP contribution in [0.2, 0.25) is 0 Å². The zero-order valence-corrected chi connectivity index (χ0v) is 8.75. The van der Waals surface area contributed by atoms with E-state index < -0.39 is 7.80 Å². The highest BCUT2D eigenvalue weighted by Gasteiger charge is 2.30. The monoisotopic (exact) mass is 161 g/mol. The molecule has 0 spiro atoms. The number of rotatable bonds is 0. The van der Waals surface area contributed by atoms with Gasteiger partial charge in [0.1, 0.15) is 0 Å². The smallest absolute Gasteiger partial charge is 0.0827 e. The van der Waals surface area contributed by atoms with Crippen LogP contribution in [0.4, 0.5) is 0 Å². The molecule has 2 heteroatoms. The quantitative estimate of drug-likeness (QED) is 0.497. The molecule has 0 aromatic heterocycles. The van der Waals surface area contributed by atoms with E-state index in [2.05, 4.69) is 0 Å². The van der Waals surface area contributed by atoms with Gasteiger partial charge in [-0.25, -0.2) is 0 Å². The van der Waals surface area contributed by atoms with Crippen LogP contribution in [0.15, 0.2) is 0 Å². The molecule has 0 aliphatic heterocycles. The molecule has 0 amide bonds. The summed E-state index contributed by atoms with van der Waals surface area (Å²) < 4.78 is 11.6. The normalized spacial score (nSPS) is 13.4. The lowest BCUT2D eigenvalue weighted by Crippen LogP contribution is -2.20. The van der Waals surface area contributed by atoms with Crippen LogP contribution in [0.5, 0.6) is 0 Å². The lowest BCUT2D eigenvalue weighted by molar-refractivity contribution is 0.538. The van der Waals surface area contributed by atoms with E-state index in [1.54, 1.807) is 0 Å². The molecule has 0 aromatic carbocycles. The molecule has 0 atom stereocenters. The largest absolute Gasteiger partial charge is 0.286 e. The van der Waals surface area contributed by atoms with Gasteiger partial charge in [-0.15, -0.1) is 0 Å². The average molecular weight is 161 g/mol. The van der Waals surface area contributed by atoms with E-state index in [4.69, 9.17) is 0 Å². The minimum atomic E-state index is -1.11. The maximum Gasteiger partial charge on any atom is 0.0827 e. The van der Waals surface area contributed by atoms with Crippen molar-refractivity contribution in [3.8, 4) is 0 Å². The zero-order chi connectivity index (χ0) is 8.58. The zero-order valence-electron chi connectivity index (χ0n) is 7.86. The van der Waals surface area contributed by atoms with E-state index in [-0.39, 0.29) is 10.3 Å². The fourth-order valence-electron chi connectivity index (χ4n) is 1.01. The van der Waals surface area contributed by atoms with Crippen LogP contribution < -0.4 is 0 Å². The van der Waals surface area contributed by atoms with Gasteiger partial charge in [-0.3, -0.25) is 4.57 Å². The van der Waals surface area contributed by atoms with Crippen molar-refractivity contribution in [1.29, 1.82) is 0 Å². The molecular weight excluding hydrogens is 143 g/mol. The maximum atomic E-state index is 11.6. The Hall–Kier alpha value is 0.100. The second kappa shape index (κ2) is 2.62. The predicted octanol–water partition coefficient (Wildman–Crippen LogP) is 3.41. The van der Waals surface area contributed by atoms with Crippen molar-refractivity contribution in [3.05, 3.63) is 0 Å². The Labute approximate surface area is 65.0 Å². The van der Waals surface area contributed by atoms with Gasteiger partial charge >= 0.3 is 0 Å². The summed E-state index contributed by atoms with van der Waals surface area (Å²) in [6, 6.07) is 0. The van der Waals surface area contributed by atoms with Gasteiger partial charge in [-0.05, 0) is 0 Å². The molecule has 0 aliphatic carbocycles. The minimum Gasteiger partial charge on any atom is -0.286 e. The van der Waals surface area contributed by atoms with E-state index in [1.807, 2.05) is 41.5 Å². The first kappa shape index (κ1) is 10.1. The molecular formula is C8H18OP. The second-order valence-electron chi connectivity index (χ2n) is 4.64. The molecule has 0 fully saturated rings. The first-order valence-corrected chi connectivity index (χ1v) is 4.89. The van der Waals surface area contributed by atoms with Gasteiger partial charge in [-0.2, -0.15) is 0 Å². The van der Waals surface area contributed by atoms with Gasteiger partial charge in [-0.1, -0.05) is 41.5 Å². The summed E-state index contributed by atoms with van der Waals surface area (Å²) in [7, 11) is -1.11. The van der Waals surface area contributed by atoms with Crippen LogP contribution in [-0.2, 0) is 4.57 Å². The van der Waals surface area contributed by atoms with Crippen molar-refractivity contribution < 1.29 is 4.57 Å². The van der Waals surface area contributed by atoms with Crippen LogP contribution in [0.1, 0.15) is 41.5 Å². The Morgan fingerprint density at radius 1 is 0.800 bits per heavy atom. The third kappa shape index (κ3) is 2.79. The summed E-state index contributed by atoms with van der Waals surface area (Å²) in [5, 5.41) is -0.0961. The lowest BCUT2D eigenvalue weighted by atomic mass is 10.2. The molecule has 10 heavy (non-hydrogen) atoms. The summed E-state index contributed by atoms with van der Waals surface area (Å²) in [5.74, 6) is 0. The first-order valence-electron chi connectivity index (χ1n) is 3.63. The van der Waals surface area contributed by atoms with Gasteiger partial charge < -0.3 is 0 Å². The summed E-state index contributed by atoms with van der Waals surface area (Å²) in [6.07, 6.45) is 0. The summed E-state index contributed by atoms with van der Waals surface area (Å²) >= 11 is 0. The Morgan fingerprint density at radius 2 is 1.00 bits per heavy atom. The molecule has 0 heterocycles. The number of hydrogen-bond donors (Lipinski definition) is 0. The Balaban J connectivity index is 4.40. The van der Waals surface area contributed by atoms with Crippen molar-refractivity contribution in [1.82, 2.24) is 0 Å². The molecule has 0 N–H and O–H groups in total. The average Bonchev–Trinajstić information content (AvgIpc) is 1.59. The molecule has 1 radical (unpaired) electrons. The molecule has 1 nitrogen and oxygen atoms in total. The minimum absolute atomic E-state index is 0.0480. The molecule has 0 unspecified atom stereocenters. The number of hydrogen-bond acceptors (Lipinski definition) is 1. The maximum absolute atomic E-state index is 11.6. The standard InChI is InChI=1S/C8H18OP/c1-7(2,3)10(9)8(4,5)6/h1-6H3.